The molecule has 5 heteroatoms. The van der Waals surface area contributed by atoms with E-state index >= 15 is 0 Å². The molecule has 0 atom stereocenters. The minimum Gasteiger partial charge on any atom is -0.494 e. The molecule has 2 nitrogen and oxygen atoms in total. The van der Waals surface area contributed by atoms with E-state index in [1.54, 1.807) is 48.6 Å². The van der Waals surface area contributed by atoms with Crippen LogP contribution in [0.3, 0.4) is 0 Å². The van der Waals surface area contributed by atoms with Crippen molar-refractivity contribution in [2.45, 2.75) is 38.5 Å². The average molecular weight is 467 g/mol. The predicted octanol–water partition coefficient (Wildman–Crippen LogP) is 7.61. The first-order valence-corrected chi connectivity index (χ1v) is 11.8. The van der Waals surface area contributed by atoms with Crippen molar-refractivity contribution in [2.75, 3.05) is 13.2 Å². The number of hydrogen-bond donors (Lipinski definition) is 1. The normalized spacial score (nSPS) is 18.4. The molecule has 0 unspecified atom stereocenters. The van der Waals surface area contributed by atoms with Gasteiger partial charge in [0, 0.05) is 23.8 Å². The second-order valence-electron chi connectivity index (χ2n) is 8.80. The van der Waals surface area contributed by atoms with E-state index < -0.39 is 11.6 Å². The maximum Gasteiger partial charge on any atom is 0.166 e. The van der Waals surface area contributed by atoms with Crippen LogP contribution in [-0.2, 0) is 0 Å². The van der Waals surface area contributed by atoms with Crippen LogP contribution < -0.4 is 4.74 Å². The van der Waals surface area contributed by atoms with Gasteiger partial charge in [0.2, 0.25) is 0 Å². The van der Waals surface area contributed by atoms with Gasteiger partial charge in [-0.2, -0.15) is 0 Å². The van der Waals surface area contributed by atoms with E-state index in [0.29, 0.717) is 23.5 Å². The molecule has 3 aromatic rings. The van der Waals surface area contributed by atoms with Crippen LogP contribution in [0.4, 0.5) is 13.2 Å². The van der Waals surface area contributed by atoms with E-state index in [2.05, 4.69) is 0 Å². The van der Waals surface area contributed by atoms with Crippen molar-refractivity contribution in [2.24, 2.45) is 5.92 Å². The summed E-state index contributed by atoms with van der Waals surface area (Å²) in [6, 6.07) is 15.3. The van der Waals surface area contributed by atoms with Crippen LogP contribution in [0.25, 0.3) is 23.3 Å². The standard InChI is InChI=1S/C29H29F3O2/c1-2-34-24-14-16-25(27(30)17-24)21-8-3-19(4-9-21)5-12-23-13-15-26(29(32)28(23)31)22-10-6-20(18-33)7-11-22/h3-5,8-9,12-17,20,22,33H,2,6-7,10-11,18H2,1H3. The summed E-state index contributed by atoms with van der Waals surface area (Å²) in [5, 5.41) is 9.29. The summed E-state index contributed by atoms with van der Waals surface area (Å²) in [6.45, 7) is 2.47. The van der Waals surface area contributed by atoms with Crippen molar-refractivity contribution in [3.63, 3.8) is 0 Å². The van der Waals surface area contributed by atoms with E-state index in [1.807, 2.05) is 19.1 Å². The number of hydrogen-bond acceptors (Lipinski definition) is 2. The van der Waals surface area contributed by atoms with Crippen LogP contribution in [0.1, 0.15) is 55.2 Å². The fourth-order valence-corrected chi connectivity index (χ4v) is 4.63. The van der Waals surface area contributed by atoms with Gasteiger partial charge in [-0.1, -0.05) is 48.6 Å². The molecule has 0 saturated heterocycles. The molecule has 0 spiro atoms. The van der Waals surface area contributed by atoms with Gasteiger partial charge in [0.15, 0.2) is 11.6 Å². The van der Waals surface area contributed by atoms with Gasteiger partial charge in [-0.25, -0.2) is 13.2 Å². The lowest BCUT2D eigenvalue weighted by atomic mass is 9.78. The maximum atomic E-state index is 14.8. The van der Waals surface area contributed by atoms with E-state index in [9.17, 15) is 18.3 Å². The molecule has 1 aliphatic carbocycles. The molecular weight excluding hydrogens is 437 g/mol. The Kier molecular flexibility index (Phi) is 7.73. The molecular formula is C29H29F3O2. The van der Waals surface area contributed by atoms with Gasteiger partial charge >= 0.3 is 0 Å². The molecule has 1 N–H and O–H groups in total. The van der Waals surface area contributed by atoms with E-state index in [-0.39, 0.29) is 29.8 Å². The van der Waals surface area contributed by atoms with Crippen molar-refractivity contribution in [3.8, 4) is 16.9 Å². The third-order valence-electron chi connectivity index (χ3n) is 6.62. The van der Waals surface area contributed by atoms with Crippen molar-refractivity contribution >= 4 is 12.2 Å². The second kappa shape index (κ2) is 10.9. The van der Waals surface area contributed by atoms with Crippen LogP contribution in [-0.4, -0.2) is 18.3 Å². The predicted molar refractivity (Wildman–Crippen MR) is 130 cm³/mol. The Morgan fingerprint density at radius 3 is 2.26 bits per heavy atom. The molecule has 0 radical (unpaired) electrons. The summed E-state index contributed by atoms with van der Waals surface area (Å²) >= 11 is 0. The molecule has 1 aliphatic rings. The molecule has 0 amide bonds. The van der Waals surface area contributed by atoms with Gasteiger partial charge in [-0.3, -0.25) is 0 Å². The minimum atomic E-state index is -0.842. The quantitative estimate of drug-likeness (QED) is 0.363. The minimum absolute atomic E-state index is 0.00845. The molecule has 0 bridgehead atoms. The molecule has 34 heavy (non-hydrogen) atoms. The lowest BCUT2D eigenvalue weighted by Gasteiger charge is -2.28. The lowest BCUT2D eigenvalue weighted by molar-refractivity contribution is 0.181. The Labute approximate surface area is 198 Å². The Hall–Kier alpha value is -3.05. The van der Waals surface area contributed by atoms with E-state index in [1.165, 1.54) is 6.07 Å². The molecule has 178 valence electrons. The third-order valence-corrected chi connectivity index (χ3v) is 6.62. The number of benzene rings is 3. The summed E-state index contributed by atoms with van der Waals surface area (Å²) in [4.78, 5) is 0. The number of ether oxygens (including phenoxy) is 1. The van der Waals surface area contributed by atoms with Crippen LogP contribution in [0.5, 0.6) is 5.75 Å². The average Bonchev–Trinajstić information content (AvgIpc) is 2.86. The van der Waals surface area contributed by atoms with E-state index in [4.69, 9.17) is 4.74 Å². The zero-order chi connectivity index (χ0) is 24.1. The molecule has 1 fully saturated rings. The monoisotopic (exact) mass is 466 g/mol. The highest BCUT2D eigenvalue weighted by Gasteiger charge is 2.25. The summed E-state index contributed by atoms with van der Waals surface area (Å²) in [6.07, 6.45) is 6.46. The zero-order valence-electron chi connectivity index (χ0n) is 19.2. The Morgan fingerprint density at radius 1 is 0.882 bits per heavy atom. The first-order chi connectivity index (χ1) is 16.5. The highest BCUT2D eigenvalue weighted by Crippen LogP contribution is 2.37. The molecule has 0 aliphatic heterocycles. The maximum absolute atomic E-state index is 14.8. The van der Waals surface area contributed by atoms with Gasteiger partial charge in [-0.05, 0) is 73.3 Å². The van der Waals surface area contributed by atoms with Crippen LogP contribution in [0, 0.1) is 23.4 Å². The fraction of sp³-hybridized carbons (Fsp3) is 0.310. The smallest absolute Gasteiger partial charge is 0.166 e. The first-order valence-electron chi connectivity index (χ1n) is 11.8. The number of aliphatic hydroxyl groups is 1. The zero-order valence-corrected chi connectivity index (χ0v) is 19.2. The van der Waals surface area contributed by atoms with Gasteiger partial charge in [0.1, 0.15) is 11.6 Å². The number of rotatable bonds is 7. The topological polar surface area (TPSA) is 29.5 Å². The van der Waals surface area contributed by atoms with Crippen LogP contribution >= 0.6 is 0 Å². The lowest BCUT2D eigenvalue weighted by Crippen LogP contribution is -2.17. The highest BCUT2D eigenvalue weighted by molar-refractivity contribution is 5.73. The van der Waals surface area contributed by atoms with Crippen molar-refractivity contribution < 1.29 is 23.0 Å². The molecule has 3 aromatic carbocycles. The van der Waals surface area contributed by atoms with Crippen LogP contribution in [0.2, 0.25) is 0 Å². The third kappa shape index (κ3) is 5.36. The SMILES string of the molecule is CCOc1ccc(-c2ccc(C=Cc3ccc(C4CCC(CO)CC4)c(F)c3F)cc2)c(F)c1. The van der Waals surface area contributed by atoms with Crippen molar-refractivity contribution in [1.82, 2.24) is 0 Å². The Morgan fingerprint density at radius 2 is 1.62 bits per heavy atom. The van der Waals surface area contributed by atoms with Gasteiger partial charge in [0.05, 0.1) is 6.61 Å². The van der Waals surface area contributed by atoms with Gasteiger partial charge in [0.25, 0.3) is 0 Å². The Bertz CT molecular complexity index is 1150. The number of aliphatic hydroxyl groups excluding tert-OH is 1. The largest absolute Gasteiger partial charge is 0.494 e. The van der Waals surface area contributed by atoms with Gasteiger partial charge in [-0.15, -0.1) is 0 Å². The molecule has 0 heterocycles. The van der Waals surface area contributed by atoms with E-state index in [0.717, 1.165) is 36.8 Å². The molecule has 1 saturated carbocycles. The summed E-state index contributed by atoms with van der Waals surface area (Å²) in [7, 11) is 0. The van der Waals surface area contributed by atoms with Gasteiger partial charge < -0.3 is 9.84 Å². The van der Waals surface area contributed by atoms with Crippen LogP contribution in [0.15, 0.2) is 54.6 Å². The first kappa shape index (κ1) is 24.1. The number of halogens is 3. The second-order valence-corrected chi connectivity index (χ2v) is 8.80. The van der Waals surface area contributed by atoms with Crippen molar-refractivity contribution in [1.29, 1.82) is 0 Å². The fourth-order valence-electron chi connectivity index (χ4n) is 4.63. The molecule has 4 rings (SSSR count). The summed E-state index contributed by atoms with van der Waals surface area (Å²) in [5.74, 6) is -1.24. The highest BCUT2D eigenvalue weighted by atomic mass is 19.2. The summed E-state index contributed by atoms with van der Waals surface area (Å²) < 4.78 is 49.3. The molecule has 0 aromatic heterocycles. The van der Waals surface area contributed by atoms with Crippen molar-refractivity contribution in [3.05, 3.63) is 88.7 Å². The Balaban J connectivity index is 1.47. The summed E-state index contributed by atoms with van der Waals surface area (Å²) in [5.41, 5.74) is 2.59.